The SMILES string of the molecule is CS(=O)(=O)c1cccc(OCc2ccc(CCN)cc2)c1. The molecule has 0 aliphatic carbocycles. The van der Waals surface area contributed by atoms with Gasteiger partial charge >= 0.3 is 0 Å². The van der Waals surface area contributed by atoms with Gasteiger partial charge in [-0.25, -0.2) is 8.42 Å². The number of ether oxygens (including phenoxy) is 1. The van der Waals surface area contributed by atoms with E-state index in [1.54, 1.807) is 18.2 Å². The molecule has 4 nitrogen and oxygen atoms in total. The van der Waals surface area contributed by atoms with E-state index in [1.807, 2.05) is 24.3 Å². The molecule has 21 heavy (non-hydrogen) atoms. The van der Waals surface area contributed by atoms with Crippen molar-refractivity contribution in [3.63, 3.8) is 0 Å². The lowest BCUT2D eigenvalue weighted by Crippen LogP contribution is -2.03. The smallest absolute Gasteiger partial charge is 0.175 e. The lowest BCUT2D eigenvalue weighted by Gasteiger charge is -2.08. The summed E-state index contributed by atoms with van der Waals surface area (Å²) in [6.45, 7) is 1.03. The third kappa shape index (κ3) is 4.58. The Morgan fingerprint density at radius 2 is 1.71 bits per heavy atom. The van der Waals surface area contributed by atoms with E-state index in [2.05, 4.69) is 0 Å². The second-order valence-corrected chi connectivity index (χ2v) is 6.91. The van der Waals surface area contributed by atoms with Crippen molar-refractivity contribution in [1.82, 2.24) is 0 Å². The van der Waals surface area contributed by atoms with Crippen molar-refractivity contribution < 1.29 is 13.2 Å². The van der Waals surface area contributed by atoms with Crippen molar-refractivity contribution in [2.45, 2.75) is 17.9 Å². The summed E-state index contributed by atoms with van der Waals surface area (Å²) >= 11 is 0. The summed E-state index contributed by atoms with van der Waals surface area (Å²) in [7, 11) is -3.21. The number of hydrogen-bond acceptors (Lipinski definition) is 4. The van der Waals surface area contributed by atoms with Crippen molar-refractivity contribution >= 4 is 9.84 Å². The van der Waals surface area contributed by atoms with Gasteiger partial charge in [0.1, 0.15) is 12.4 Å². The van der Waals surface area contributed by atoms with Crippen molar-refractivity contribution in [3.8, 4) is 5.75 Å². The van der Waals surface area contributed by atoms with E-state index in [4.69, 9.17) is 10.5 Å². The van der Waals surface area contributed by atoms with E-state index in [1.165, 1.54) is 17.9 Å². The Morgan fingerprint density at radius 3 is 2.33 bits per heavy atom. The van der Waals surface area contributed by atoms with Crippen LogP contribution in [0.3, 0.4) is 0 Å². The second-order valence-electron chi connectivity index (χ2n) is 4.89. The van der Waals surface area contributed by atoms with Crippen LogP contribution in [0.2, 0.25) is 0 Å². The molecule has 0 aromatic heterocycles. The van der Waals surface area contributed by atoms with Gasteiger partial charge in [0.05, 0.1) is 4.90 Å². The summed E-state index contributed by atoms with van der Waals surface area (Å²) in [6.07, 6.45) is 2.04. The molecule has 0 spiro atoms. The number of nitrogens with two attached hydrogens (primary N) is 1. The summed E-state index contributed by atoms with van der Waals surface area (Å²) in [6, 6.07) is 14.6. The molecule has 0 unspecified atom stereocenters. The van der Waals surface area contributed by atoms with Gasteiger partial charge in [-0.15, -0.1) is 0 Å². The molecule has 0 saturated carbocycles. The highest BCUT2D eigenvalue weighted by molar-refractivity contribution is 7.90. The predicted octanol–water partition coefficient (Wildman–Crippen LogP) is 2.17. The van der Waals surface area contributed by atoms with Gasteiger partial charge in [-0.3, -0.25) is 0 Å². The van der Waals surface area contributed by atoms with Gasteiger partial charge in [0, 0.05) is 6.26 Å². The summed E-state index contributed by atoms with van der Waals surface area (Å²) < 4.78 is 28.6. The van der Waals surface area contributed by atoms with Crippen LogP contribution >= 0.6 is 0 Å². The normalized spacial score (nSPS) is 11.3. The molecule has 0 radical (unpaired) electrons. The molecule has 0 aliphatic rings. The molecule has 0 atom stereocenters. The Kier molecular flexibility index (Phi) is 4.98. The van der Waals surface area contributed by atoms with Crippen LogP contribution in [0.25, 0.3) is 0 Å². The van der Waals surface area contributed by atoms with Gasteiger partial charge in [0.15, 0.2) is 9.84 Å². The van der Waals surface area contributed by atoms with Crippen LogP contribution in [0, 0.1) is 0 Å². The molecule has 2 aromatic carbocycles. The average Bonchev–Trinajstić information content (AvgIpc) is 2.46. The third-order valence-electron chi connectivity index (χ3n) is 3.10. The van der Waals surface area contributed by atoms with Crippen molar-refractivity contribution in [2.24, 2.45) is 5.73 Å². The van der Waals surface area contributed by atoms with Crippen LogP contribution in [-0.4, -0.2) is 21.2 Å². The molecule has 0 bridgehead atoms. The van der Waals surface area contributed by atoms with Gasteiger partial charge in [-0.1, -0.05) is 30.3 Å². The fourth-order valence-corrected chi connectivity index (χ4v) is 2.59. The molecule has 2 aromatic rings. The predicted molar refractivity (Wildman–Crippen MR) is 83.1 cm³/mol. The largest absolute Gasteiger partial charge is 0.489 e. The Hall–Kier alpha value is -1.85. The van der Waals surface area contributed by atoms with E-state index >= 15 is 0 Å². The molecule has 2 rings (SSSR count). The minimum atomic E-state index is -3.21. The highest BCUT2D eigenvalue weighted by Crippen LogP contribution is 2.18. The van der Waals surface area contributed by atoms with Crippen LogP contribution in [0.1, 0.15) is 11.1 Å². The van der Waals surface area contributed by atoms with Gasteiger partial charge in [-0.05, 0) is 42.3 Å². The highest BCUT2D eigenvalue weighted by atomic mass is 32.2. The lowest BCUT2D eigenvalue weighted by molar-refractivity contribution is 0.305. The quantitative estimate of drug-likeness (QED) is 0.888. The summed E-state index contributed by atoms with van der Waals surface area (Å²) in [4.78, 5) is 0.262. The Bertz CT molecular complexity index is 694. The minimum Gasteiger partial charge on any atom is -0.489 e. The second kappa shape index (κ2) is 6.74. The van der Waals surface area contributed by atoms with Gasteiger partial charge in [0.2, 0.25) is 0 Å². The van der Waals surface area contributed by atoms with E-state index in [9.17, 15) is 8.42 Å². The molecule has 5 heteroatoms. The highest BCUT2D eigenvalue weighted by Gasteiger charge is 2.07. The molecular weight excluding hydrogens is 286 g/mol. The minimum absolute atomic E-state index is 0.262. The molecule has 0 amide bonds. The Labute approximate surface area is 125 Å². The molecule has 0 heterocycles. The van der Waals surface area contributed by atoms with E-state index < -0.39 is 9.84 Å². The monoisotopic (exact) mass is 305 g/mol. The maximum absolute atomic E-state index is 11.5. The summed E-state index contributed by atoms with van der Waals surface area (Å²) in [5.41, 5.74) is 7.73. The maximum atomic E-state index is 11.5. The van der Waals surface area contributed by atoms with Crippen molar-refractivity contribution in [2.75, 3.05) is 12.8 Å². The van der Waals surface area contributed by atoms with E-state index in [0.29, 0.717) is 18.9 Å². The summed E-state index contributed by atoms with van der Waals surface area (Å²) in [5, 5.41) is 0. The van der Waals surface area contributed by atoms with Gasteiger partial charge < -0.3 is 10.5 Å². The topological polar surface area (TPSA) is 69.4 Å². The first kappa shape index (κ1) is 15.5. The number of rotatable bonds is 6. The number of sulfone groups is 1. The molecular formula is C16H19NO3S. The Morgan fingerprint density at radius 1 is 1.05 bits per heavy atom. The number of benzene rings is 2. The first-order chi connectivity index (χ1) is 9.99. The van der Waals surface area contributed by atoms with Crippen LogP contribution in [-0.2, 0) is 22.9 Å². The first-order valence-electron chi connectivity index (χ1n) is 6.70. The zero-order valence-corrected chi connectivity index (χ0v) is 12.8. The van der Waals surface area contributed by atoms with Gasteiger partial charge in [0.25, 0.3) is 0 Å². The molecule has 0 fully saturated rings. The fraction of sp³-hybridized carbons (Fsp3) is 0.250. The zero-order chi connectivity index (χ0) is 15.3. The van der Waals surface area contributed by atoms with E-state index in [-0.39, 0.29) is 4.90 Å². The van der Waals surface area contributed by atoms with Gasteiger partial charge in [-0.2, -0.15) is 0 Å². The zero-order valence-electron chi connectivity index (χ0n) is 12.0. The van der Waals surface area contributed by atoms with Crippen LogP contribution in [0.15, 0.2) is 53.4 Å². The first-order valence-corrected chi connectivity index (χ1v) is 8.59. The molecule has 0 saturated heterocycles. The maximum Gasteiger partial charge on any atom is 0.175 e. The standard InChI is InChI=1S/C16H19NO3S/c1-21(18,19)16-4-2-3-15(11-16)20-12-14-7-5-13(6-8-14)9-10-17/h2-8,11H,9-10,12,17H2,1H3. The Balaban J connectivity index is 2.03. The van der Waals surface area contributed by atoms with Crippen LogP contribution < -0.4 is 10.5 Å². The third-order valence-corrected chi connectivity index (χ3v) is 4.21. The molecule has 112 valence electrons. The summed E-state index contributed by atoms with van der Waals surface area (Å²) in [5.74, 6) is 0.545. The number of hydrogen-bond donors (Lipinski definition) is 1. The fourth-order valence-electron chi connectivity index (χ4n) is 1.93. The van der Waals surface area contributed by atoms with Crippen molar-refractivity contribution in [3.05, 3.63) is 59.7 Å². The van der Waals surface area contributed by atoms with Crippen molar-refractivity contribution in [1.29, 1.82) is 0 Å². The van der Waals surface area contributed by atoms with Crippen LogP contribution in [0.4, 0.5) is 0 Å². The average molecular weight is 305 g/mol. The van der Waals surface area contributed by atoms with Crippen LogP contribution in [0.5, 0.6) is 5.75 Å². The van der Waals surface area contributed by atoms with E-state index in [0.717, 1.165) is 12.0 Å². The lowest BCUT2D eigenvalue weighted by atomic mass is 10.1. The molecule has 2 N–H and O–H groups in total. The molecule has 0 aliphatic heterocycles.